The van der Waals surface area contributed by atoms with Gasteiger partial charge in [0.15, 0.2) is 0 Å². The predicted octanol–water partition coefficient (Wildman–Crippen LogP) is 2.06. The Balaban J connectivity index is 1.77. The number of rotatable bonds is 5. The quantitative estimate of drug-likeness (QED) is 0.872. The number of nitrogens with one attached hydrogen (secondary N) is 2. The lowest BCUT2D eigenvalue weighted by molar-refractivity contribution is -0.120. The molecule has 1 aromatic carbocycles. The first-order valence-corrected chi connectivity index (χ1v) is 7.51. The zero-order valence-electron chi connectivity index (χ0n) is 12.5. The number of hydrogen-bond acceptors (Lipinski definition) is 3. The zero-order valence-corrected chi connectivity index (χ0v) is 12.5. The van der Waals surface area contributed by atoms with E-state index in [2.05, 4.69) is 39.8 Å². The topological polar surface area (TPSA) is 61.4 Å². The van der Waals surface area contributed by atoms with E-state index < -0.39 is 6.03 Å². The third-order valence-electron chi connectivity index (χ3n) is 3.88. The molecule has 3 amide bonds. The number of likely N-dealkylation sites (tertiary alicyclic amines) is 1. The van der Waals surface area contributed by atoms with E-state index in [1.807, 2.05) is 6.07 Å². The molecule has 0 spiro atoms. The van der Waals surface area contributed by atoms with Crippen molar-refractivity contribution in [2.75, 3.05) is 20.1 Å². The van der Waals surface area contributed by atoms with Crippen LogP contribution in [0.15, 0.2) is 30.3 Å². The van der Waals surface area contributed by atoms with Crippen LogP contribution in [0.1, 0.15) is 37.3 Å². The van der Waals surface area contributed by atoms with E-state index in [9.17, 15) is 9.59 Å². The number of carbonyl (C=O) groups is 2. The molecule has 1 saturated heterocycles. The minimum absolute atomic E-state index is 0.218. The van der Waals surface area contributed by atoms with Crippen molar-refractivity contribution in [3.63, 3.8) is 0 Å². The van der Waals surface area contributed by atoms with E-state index in [0.717, 1.165) is 19.5 Å². The second-order valence-corrected chi connectivity index (χ2v) is 5.34. The van der Waals surface area contributed by atoms with E-state index in [-0.39, 0.29) is 5.91 Å². The molecule has 5 nitrogen and oxygen atoms in total. The van der Waals surface area contributed by atoms with Crippen LogP contribution in [-0.2, 0) is 4.79 Å². The SMILES string of the molecule is CNC(=O)NC(=O)CCCN1CCCC1c1ccccc1. The second-order valence-electron chi connectivity index (χ2n) is 5.34. The normalized spacial score (nSPS) is 18.4. The lowest BCUT2D eigenvalue weighted by Crippen LogP contribution is -2.37. The Bertz CT molecular complexity index is 476. The highest BCUT2D eigenvalue weighted by Gasteiger charge is 2.25. The van der Waals surface area contributed by atoms with Gasteiger partial charge in [-0.3, -0.25) is 15.0 Å². The summed E-state index contributed by atoms with van der Waals surface area (Å²) in [5.74, 6) is -0.218. The molecule has 1 aromatic rings. The summed E-state index contributed by atoms with van der Waals surface area (Å²) in [5.41, 5.74) is 1.35. The summed E-state index contributed by atoms with van der Waals surface area (Å²) >= 11 is 0. The Hall–Kier alpha value is -1.88. The maximum absolute atomic E-state index is 11.5. The summed E-state index contributed by atoms with van der Waals surface area (Å²) in [6.07, 6.45) is 3.52. The highest BCUT2D eigenvalue weighted by molar-refractivity contribution is 5.94. The number of carbonyl (C=O) groups excluding carboxylic acids is 2. The maximum Gasteiger partial charge on any atom is 0.321 e. The summed E-state index contributed by atoms with van der Waals surface area (Å²) in [7, 11) is 1.50. The molecule has 1 atom stereocenters. The van der Waals surface area contributed by atoms with Crippen molar-refractivity contribution in [1.82, 2.24) is 15.5 Å². The van der Waals surface area contributed by atoms with Gasteiger partial charge in [-0.2, -0.15) is 0 Å². The highest BCUT2D eigenvalue weighted by Crippen LogP contribution is 2.31. The van der Waals surface area contributed by atoms with Crippen molar-refractivity contribution in [2.24, 2.45) is 0 Å². The van der Waals surface area contributed by atoms with Crippen molar-refractivity contribution in [3.8, 4) is 0 Å². The molecule has 0 aromatic heterocycles. The van der Waals surface area contributed by atoms with E-state index >= 15 is 0 Å². The van der Waals surface area contributed by atoms with E-state index in [1.54, 1.807) is 0 Å². The average molecular weight is 289 g/mol. The van der Waals surface area contributed by atoms with Gasteiger partial charge in [-0.25, -0.2) is 4.79 Å². The molecule has 2 N–H and O–H groups in total. The van der Waals surface area contributed by atoms with Crippen LogP contribution in [0.25, 0.3) is 0 Å². The largest absolute Gasteiger partial charge is 0.341 e. The highest BCUT2D eigenvalue weighted by atomic mass is 16.2. The summed E-state index contributed by atoms with van der Waals surface area (Å²) in [6, 6.07) is 10.5. The fourth-order valence-corrected chi connectivity index (χ4v) is 2.84. The molecule has 0 saturated carbocycles. The van der Waals surface area contributed by atoms with Crippen molar-refractivity contribution in [2.45, 2.75) is 31.7 Å². The fraction of sp³-hybridized carbons (Fsp3) is 0.500. The van der Waals surface area contributed by atoms with Gasteiger partial charge < -0.3 is 5.32 Å². The molecule has 0 bridgehead atoms. The molecule has 114 valence electrons. The second kappa shape index (κ2) is 7.78. The third-order valence-corrected chi connectivity index (χ3v) is 3.88. The first kappa shape index (κ1) is 15.5. The Morgan fingerprint density at radius 2 is 2.05 bits per heavy atom. The first-order chi connectivity index (χ1) is 10.2. The van der Waals surface area contributed by atoms with Gasteiger partial charge in [-0.15, -0.1) is 0 Å². The van der Waals surface area contributed by atoms with Crippen LogP contribution in [0.5, 0.6) is 0 Å². The summed E-state index contributed by atoms with van der Waals surface area (Å²) in [4.78, 5) is 25.0. The van der Waals surface area contributed by atoms with Crippen molar-refractivity contribution >= 4 is 11.9 Å². The maximum atomic E-state index is 11.5. The summed E-state index contributed by atoms with van der Waals surface area (Å²) in [6.45, 7) is 1.97. The van der Waals surface area contributed by atoms with Crippen LogP contribution in [0.4, 0.5) is 4.79 Å². The molecular weight excluding hydrogens is 266 g/mol. The van der Waals surface area contributed by atoms with Crippen molar-refractivity contribution in [1.29, 1.82) is 0 Å². The van der Waals surface area contributed by atoms with Crippen LogP contribution in [0.3, 0.4) is 0 Å². The Morgan fingerprint density at radius 1 is 1.29 bits per heavy atom. The molecule has 1 fully saturated rings. The average Bonchev–Trinajstić information content (AvgIpc) is 2.96. The van der Waals surface area contributed by atoms with E-state index in [4.69, 9.17) is 0 Å². The third kappa shape index (κ3) is 4.56. The van der Waals surface area contributed by atoms with E-state index in [1.165, 1.54) is 25.5 Å². The minimum Gasteiger partial charge on any atom is -0.341 e. The molecule has 1 unspecified atom stereocenters. The van der Waals surface area contributed by atoms with Crippen molar-refractivity contribution < 1.29 is 9.59 Å². The molecule has 5 heteroatoms. The van der Waals surface area contributed by atoms with Crippen LogP contribution in [-0.4, -0.2) is 37.0 Å². The molecule has 21 heavy (non-hydrogen) atoms. The summed E-state index contributed by atoms with van der Waals surface area (Å²) in [5, 5.41) is 4.67. The number of hydrogen-bond donors (Lipinski definition) is 2. The Labute approximate surface area is 125 Å². The van der Waals surface area contributed by atoms with Crippen molar-refractivity contribution in [3.05, 3.63) is 35.9 Å². The number of nitrogens with zero attached hydrogens (tertiary/aromatic N) is 1. The summed E-state index contributed by atoms with van der Waals surface area (Å²) < 4.78 is 0. The number of imide groups is 1. The Kier molecular flexibility index (Phi) is 5.75. The standard InChI is InChI=1S/C16H23N3O2/c1-17-16(21)18-15(20)10-6-12-19-11-5-9-14(19)13-7-3-2-4-8-13/h2-4,7-8,14H,5-6,9-12H2,1H3,(H2,17,18,20,21). The monoisotopic (exact) mass is 289 g/mol. The molecule has 1 aliphatic heterocycles. The smallest absolute Gasteiger partial charge is 0.321 e. The van der Waals surface area contributed by atoms with Gasteiger partial charge in [-0.05, 0) is 37.9 Å². The first-order valence-electron chi connectivity index (χ1n) is 7.51. The van der Waals surface area contributed by atoms with Gasteiger partial charge in [0.25, 0.3) is 0 Å². The molecule has 1 aliphatic rings. The fourth-order valence-electron chi connectivity index (χ4n) is 2.84. The molecule has 0 radical (unpaired) electrons. The van der Waals surface area contributed by atoms with Gasteiger partial charge >= 0.3 is 6.03 Å². The lowest BCUT2D eigenvalue weighted by Gasteiger charge is -2.24. The predicted molar refractivity (Wildman–Crippen MR) is 81.8 cm³/mol. The molecular formula is C16H23N3O2. The molecule has 2 rings (SSSR count). The number of amides is 3. The minimum atomic E-state index is -0.441. The van der Waals surface area contributed by atoms with Crippen LogP contribution >= 0.6 is 0 Å². The number of urea groups is 1. The van der Waals surface area contributed by atoms with Gasteiger partial charge in [0, 0.05) is 19.5 Å². The van der Waals surface area contributed by atoms with Gasteiger partial charge in [0.2, 0.25) is 5.91 Å². The van der Waals surface area contributed by atoms with Gasteiger partial charge in [-0.1, -0.05) is 30.3 Å². The van der Waals surface area contributed by atoms with E-state index in [0.29, 0.717) is 12.5 Å². The lowest BCUT2D eigenvalue weighted by atomic mass is 10.0. The number of benzene rings is 1. The zero-order chi connectivity index (χ0) is 15.1. The molecule has 1 heterocycles. The van der Waals surface area contributed by atoms with Crippen LogP contribution < -0.4 is 10.6 Å². The van der Waals surface area contributed by atoms with Crippen LogP contribution in [0.2, 0.25) is 0 Å². The van der Waals surface area contributed by atoms with Gasteiger partial charge in [0.1, 0.15) is 0 Å². The molecule has 0 aliphatic carbocycles. The Morgan fingerprint density at radius 3 is 2.76 bits per heavy atom. The van der Waals surface area contributed by atoms with Gasteiger partial charge in [0.05, 0.1) is 0 Å². The van der Waals surface area contributed by atoms with Crippen LogP contribution in [0, 0.1) is 0 Å².